The van der Waals surface area contributed by atoms with Gasteiger partial charge in [-0.1, -0.05) is 41.5 Å². The number of esters is 2. The topological polar surface area (TPSA) is 94.9 Å². The molecule has 0 heterocycles. The maximum Gasteiger partial charge on any atom is 0.337 e. The van der Waals surface area contributed by atoms with Gasteiger partial charge in [-0.05, 0) is 57.7 Å². The second-order valence-corrected chi connectivity index (χ2v) is 10.9. The molecule has 0 atom stereocenters. The summed E-state index contributed by atoms with van der Waals surface area (Å²) in [5.41, 5.74) is 2.75. The highest BCUT2D eigenvalue weighted by Gasteiger charge is 2.25. The summed E-state index contributed by atoms with van der Waals surface area (Å²) in [6, 6.07) is 8.86. The number of ether oxygens (including phenoxy) is 4. The fraction of sp³-hybridized carbons (Fsp3) is 0.444. The zero-order valence-electron chi connectivity index (χ0n) is 22.1. The zero-order valence-corrected chi connectivity index (χ0v) is 24.2. The minimum atomic E-state index is -0.459. The minimum Gasteiger partial charge on any atom is -0.495 e. The number of hydrogen-bond donors (Lipinski definition) is 0. The molecular formula is C27H34INO6. The van der Waals surface area contributed by atoms with Crippen molar-refractivity contribution in [3.8, 4) is 17.6 Å². The van der Waals surface area contributed by atoms with Crippen molar-refractivity contribution in [2.75, 3.05) is 28.4 Å². The molecule has 2 rings (SSSR count). The SMILES string of the molecule is COC(=O)c1cc(C#N)c(OC)c(C(C)(C)C)c1.COC(=O)c1cc(I)c(OC)c(C(C)(C)C)c1. The van der Waals surface area contributed by atoms with Crippen molar-refractivity contribution in [3.63, 3.8) is 0 Å². The first-order valence-corrected chi connectivity index (χ1v) is 11.9. The van der Waals surface area contributed by atoms with Crippen LogP contribution in [0.1, 0.15) is 78.9 Å². The van der Waals surface area contributed by atoms with Crippen LogP contribution in [0.3, 0.4) is 0 Å². The van der Waals surface area contributed by atoms with Gasteiger partial charge >= 0.3 is 11.9 Å². The summed E-state index contributed by atoms with van der Waals surface area (Å²) in [6.07, 6.45) is 0. The second-order valence-electron chi connectivity index (χ2n) is 9.74. The van der Waals surface area contributed by atoms with Crippen molar-refractivity contribution in [3.05, 3.63) is 55.7 Å². The van der Waals surface area contributed by atoms with E-state index in [2.05, 4.69) is 48.1 Å². The van der Waals surface area contributed by atoms with Gasteiger partial charge in [0.15, 0.2) is 0 Å². The van der Waals surface area contributed by atoms with E-state index < -0.39 is 5.97 Å². The molecule has 2 aromatic carbocycles. The van der Waals surface area contributed by atoms with Gasteiger partial charge in [-0.25, -0.2) is 9.59 Å². The fourth-order valence-electron chi connectivity index (χ4n) is 3.32. The summed E-state index contributed by atoms with van der Waals surface area (Å²) in [6.45, 7) is 12.2. The van der Waals surface area contributed by atoms with Crippen molar-refractivity contribution in [1.82, 2.24) is 0 Å². The standard InChI is InChI=1S/C14H17NO3.C13H17IO3/c1-14(2,3)11-7-9(13(16)18-5)6-10(8-15)12(11)17-4;1-13(2,3)9-6-8(12(15)17-5)7-10(14)11(9)16-4/h6-7H,1-5H3;6-7H,1-5H3. The van der Waals surface area contributed by atoms with Crippen LogP contribution >= 0.6 is 22.6 Å². The Labute approximate surface area is 221 Å². The lowest BCUT2D eigenvalue weighted by atomic mass is 9.84. The molecule has 0 aliphatic rings. The lowest BCUT2D eigenvalue weighted by molar-refractivity contribution is 0.0591. The van der Waals surface area contributed by atoms with E-state index in [1.165, 1.54) is 27.4 Å². The first-order valence-electron chi connectivity index (χ1n) is 10.8. The van der Waals surface area contributed by atoms with E-state index in [9.17, 15) is 9.59 Å². The number of hydrogen-bond acceptors (Lipinski definition) is 7. The van der Waals surface area contributed by atoms with Crippen LogP contribution in [0.5, 0.6) is 11.5 Å². The average Bonchev–Trinajstić information content (AvgIpc) is 2.80. The van der Waals surface area contributed by atoms with E-state index in [0.717, 1.165) is 20.4 Å². The van der Waals surface area contributed by atoms with Gasteiger partial charge in [0.1, 0.15) is 17.6 Å². The molecule has 0 fully saturated rings. The Morgan fingerprint density at radius 2 is 1.14 bits per heavy atom. The van der Waals surface area contributed by atoms with E-state index in [1.807, 2.05) is 32.9 Å². The number of halogens is 1. The highest BCUT2D eigenvalue weighted by molar-refractivity contribution is 14.1. The molecular weight excluding hydrogens is 561 g/mol. The summed E-state index contributed by atoms with van der Waals surface area (Å²) >= 11 is 2.17. The van der Waals surface area contributed by atoms with E-state index >= 15 is 0 Å². The first kappa shape index (κ1) is 30.2. The van der Waals surface area contributed by atoms with Crippen LogP contribution in [-0.4, -0.2) is 40.4 Å². The third-order valence-corrected chi connectivity index (χ3v) is 5.92. The van der Waals surface area contributed by atoms with Gasteiger partial charge < -0.3 is 18.9 Å². The Bertz CT molecular complexity index is 1120. The number of nitrogens with zero attached hydrogens (tertiary/aromatic N) is 1. The Kier molecular flexibility index (Phi) is 10.6. The van der Waals surface area contributed by atoms with Crippen molar-refractivity contribution in [1.29, 1.82) is 5.26 Å². The summed E-state index contributed by atoms with van der Waals surface area (Å²) in [5.74, 6) is 0.555. The fourth-order valence-corrected chi connectivity index (χ4v) is 4.16. The highest BCUT2D eigenvalue weighted by Crippen LogP contribution is 2.36. The van der Waals surface area contributed by atoms with Crippen molar-refractivity contribution < 1.29 is 28.5 Å². The normalized spacial score (nSPS) is 10.9. The van der Waals surface area contributed by atoms with Gasteiger partial charge in [0.25, 0.3) is 0 Å². The molecule has 0 aromatic heterocycles. The number of carbonyl (C=O) groups excluding carboxylic acids is 2. The molecule has 0 bridgehead atoms. The Hall–Kier alpha value is -2.80. The van der Waals surface area contributed by atoms with Crippen molar-refractivity contribution in [2.24, 2.45) is 0 Å². The first-order chi connectivity index (χ1) is 16.2. The summed E-state index contributed by atoms with van der Waals surface area (Å²) in [5, 5.41) is 9.14. The number of methoxy groups -OCH3 is 4. The highest BCUT2D eigenvalue weighted by atomic mass is 127. The van der Waals surface area contributed by atoms with Gasteiger partial charge in [-0.15, -0.1) is 0 Å². The largest absolute Gasteiger partial charge is 0.495 e. The van der Waals surface area contributed by atoms with Gasteiger partial charge in [-0.3, -0.25) is 0 Å². The summed E-state index contributed by atoms with van der Waals surface area (Å²) < 4.78 is 21.1. The Morgan fingerprint density at radius 3 is 1.49 bits per heavy atom. The number of nitriles is 1. The van der Waals surface area contributed by atoms with Gasteiger partial charge in [0.05, 0.1) is 48.7 Å². The van der Waals surface area contributed by atoms with Crippen molar-refractivity contribution in [2.45, 2.75) is 52.4 Å². The van der Waals surface area contributed by atoms with Gasteiger partial charge in [0, 0.05) is 11.1 Å². The number of carbonyl (C=O) groups is 2. The third kappa shape index (κ3) is 7.59. The Morgan fingerprint density at radius 1 is 0.743 bits per heavy atom. The van der Waals surface area contributed by atoms with Crippen molar-refractivity contribution >= 4 is 34.5 Å². The maximum absolute atomic E-state index is 11.6. The van der Waals surface area contributed by atoms with Crippen LogP contribution in [0, 0.1) is 14.9 Å². The Balaban J connectivity index is 0.000000351. The molecule has 0 spiro atoms. The van der Waals surface area contributed by atoms with Gasteiger partial charge in [-0.2, -0.15) is 5.26 Å². The van der Waals surface area contributed by atoms with Crippen LogP contribution in [-0.2, 0) is 20.3 Å². The quantitative estimate of drug-likeness (QED) is 0.315. The monoisotopic (exact) mass is 595 g/mol. The predicted octanol–water partition coefficient (Wildman–Crippen LogP) is 6.03. The van der Waals surface area contributed by atoms with Crippen LogP contribution in [0.4, 0.5) is 0 Å². The zero-order chi connectivity index (χ0) is 27.1. The predicted molar refractivity (Wildman–Crippen MR) is 143 cm³/mol. The smallest absolute Gasteiger partial charge is 0.337 e. The van der Waals surface area contributed by atoms with Crippen LogP contribution in [0.25, 0.3) is 0 Å². The molecule has 0 aliphatic heterocycles. The van der Waals surface area contributed by atoms with E-state index in [-0.39, 0.29) is 16.8 Å². The maximum atomic E-state index is 11.6. The van der Waals surface area contributed by atoms with E-state index in [4.69, 9.17) is 19.5 Å². The van der Waals surface area contributed by atoms with E-state index in [0.29, 0.717) is 22.4 Å². The molecule has 0 saturated carbocycles. The summed E-state index contributed by atoms with van der Waals surface area (Å²) in [7, 11) is 5.86. The lowest BCUT2D eigenvalue weighted by Gasteiger charge is -2.23. The number of rotatable bonds is 4. The molecule has 8 heteroatoms. The molecule has 0 amide bonds. The molecule has 0 unspecified atom stereocenters. The molecule has 0 saturated heterocycles. The number of benzene rings is 2. The van der Waals surface area contributed by atoms with Crippen LogP contribution in [0.15, 0.2) is 24.3 Å². The molecule has 2 aromatic rings. The van der Waals surface area contributed by atoms with Crippen LogP contribution in [0.2, 0.25) is 0 Å². The molecule has 0 N–H and O–H groups in total. The minimum absolute atomic E-state index is 0.0880. The van der Waals surface area contributed by atoms with E-state index in [1.54, 1.807) is 19.2 Å². The molecule has 190 valence electrons. The van der Waals surface area contributed by atoms with Crippen LogP contribution < -0.4 is 9.47 Å². The third-order valence-electron chi connectivity index (χ3n) is 5.12. The van der Waals surface area contributed by atoms with Gasteiger partial charge in [0.2, 0.25) is 0 Å². The summed E-state index contributed by atoms with van der Waals surface area (Å²) in [4.78, 5) is 23.2. The average molecular weight is 595 g/mol. The molecule has 7 nitrogen and oxygen atoms in total. The second kappa shape index (κ2) is 12.2. The molecule has 0 radical (unpaired) electrons. The lowest BCUT2D eigenvalue weighted by Crippen LogP contribution is -2.15. The molecule has 0 aliphatic carbocycles. The molecule has 35 heavy (non-hydrogen) atoms.